The first kappa shape index (κ1) is 39.7. The van der Waals surface area contributed by atoms with E-state index in [1.165, 1.54) is 20.2 Å². The fourth-order valence-corrected chi connectivity index (χ4v) is 4.51. The van der Waals surface area contributed by atoms with Gasteiger partial charge >= 0.3 is 0 Å². The zero-order valence-electron chi connectivity index (χ0n) is 27.2. The molecule has 254 valence electrons. The number of ketones is 4. The fourth-order valence-electron chi connectivity index (χ4n) is 4.51. The summed E-state index contributed by atoms with van der Waals surface area (Å²) in [6, 6.07) is -0.757. The van der Waals surface area contributed by atoms with Gasteiger partial charge in [0.2, 0.25) is 11.8 Å². The van der Waals surface area contributed by atoms with Gasteiger partial charge in [0.25, 0.3) is 0 Å². The zero-order chi connectivity index (χ0) is 33.7. The maximum atomic E-state index is 13.2. The molecule has 1 aromatic heterocycles. The van der Waals surface area contributed by atoms with E-state index in [4.69, 9.17) is 15.2 Å². The minimum absolute atomic E-state index is 0.00500. The number of hydrogen-bond acceptors (Lipinski definition) is 11. The highest BCUT2D eigenvalue weighted by Gasteiger charge is 2.33. The van der Waals surface area contributed by atoms with Crippen LogP contribution in [0.1, 0.15) is 71.9 Å². The van der Waals surface area contributed by atoms with E-state index in [1.54, 1.807) is 20.0 Å². The number of nitrogens with zero attached hydrogens (tertiary/aromatic N) is 1. The number of hydrogen-bond donors (Lipinski definition) is 5. The predicted molar refractivity (Wildman–Crippen MR) is 167 cm³/mol. The zero-order valence-corrected chi connectivity index (χ0v) is 27.2. The van der Waals surface area contributed by atoms with Crippen LogP contribution in [0.5, 0.6) is 0 Å². The highest BCUT2D eigenvalue weighted by Crippen LogP contribution is 2.27. The maximum Gasteiger partial charge on any atom is 0.245 e. The first-order chi connectivity index (χ1) is 21.3. The van der Waals surface area contributed by atoms with Crippen molar-refractivity contribution in [1.82, 2.24) is 25.9 Å². The molecule has 0 unspecified atom stereocenters. The fraction of sp³-hybridized carbons (Fsp3) is 0.710. The Bertz CT molecular complexity index is 1080. The van der Waals surface area contributed by atoms with Gasteiger partial charge in [-0.05, 0) is 26.2 Å². The van der Waals surface area contributed by atoms with E-state index in [9.17, 15) is 28.8 Å². The van der Waals surface area contributed by atoms with E-state index >= 15 is 0 Å². The van der Waals surface area contributed by atoms with Crippen molar-refractivity contribution in [2.24, 2.45) is 17.1 Å². The van der Waals surface area contributed by atoms with Crippen LogP contribution in [0.2, 0.25) is 0 Å². The number of ether oxygens (including phenoxy) is 2. The summed E-state index contributed by atoms with van der Waals surface area (Å²) >= 11 is 0. The molecule has 0 aliphatic carbocycles. The summed E-state index contributed by atoms with van der Waals surface area (Å²) in [7, 11) is 0. The summed E-state index contributed by atoms with van der Waals surface area (Å²) < 4.78 is 10.6. The van der Waals surface area contributed by atoms with Crippen LogP contribution in [-0.4, -0.2) is 104 Å². The van der Waals surface area contributed by atoms with E-state index in [2.05, 4.69) is 25.9 Å². The third-order valence-electron chi connectivity index (χ3n) is 7.15. The molecule has 0 aromatic carbocycles. The summed E-state index contributed by atoms with van der Waals surface area (Å²) in [5, 5.41) is 8.24. The molecule has 0 saturated carbocycles. The monoisotopic (exact) mass is 636 g/mol. The van der Waals surface area contributed by atoms with Crippen LogP contribution in [0.3, 0.4) is 0 Å². The number of aromatic amines is 1. The lowest BCUT2D eigenvalue weighted by molar-refractivity contribution is -0.133. The molecule has 0 saturated heterocycles. The Morgan fingerprint density at radius 3 is 2.33 bits per heavy atom. The predicted octanol–water partition coefficient (Wildman–Crippen LogP) is 0.434. The molecule has 2 amide bonds. The van der Waals surface area contributed by atoms with Crippen LogP contribution in [-0.2, 0) is 44.7 Å². The number of unbranched alkanes of at least 4 members (excludes halogenated alkanes) is 1. The van der Waals surface area contributed by atoms with Crippen LogP contribution >= 0.6 is 0 Å². The van der Waals surface area contributed by atoms with Crippen molar-refractivity contribution < 1.29 is 38.2 Å². The Morgan fingerprint density at radius 1 is 0.933 bits per heavy atom. The molecule has 1 heterocycles. The van der Waals surface area contributed by atoms with Crippen molar-refractivity contribution >= 4 is 34.9 Å². The van der Waals surface area contributed by atoms with Crippen LogP contribution < -0.4 is 21.7 Å². The molecule has 14 nitrogen and oxygen atoms in total. The smallest absolute Gasteiger partial charge is 0.245 e. The van der Waals surface area contributed by atoms with Gasteiger partial charge in [-0.2, -0.15) is 0 Å². The Labute approximate surface area is 265 Å². The normalized spacial score (nSPS) is 12.7. The second-order valence-corrected chi connectivity index (χ2v) is 11.8. The number of carbonyl (C=O) groups excluding carboxylic acids is 6. The number of H-pyrrole nitrogens is 1. The lowest BCUT2D eigenvalue weighted by Crippen LogP contribution is -2.38. The molecule has 2 atom stereocenters. The molecular weight excluding hydrogens is 584 g/mol. The van der Waals surface area contributed by atoms with Gasteiger partial charge in [-0.1, -0.05) is 20.3 Å². The minimum Gasteiger partial charge on any atom is -0.377 e. The Morgan fingerprint density at radius 2 is 1.67 bits per heavy atom. The maximum absolute atomic E-state index is 13.2. The highest BCUT2D eigenvalue weighted by molar-refractivity contribution is 5.93. The van der Waals surface area contributed by atoms with Gasteiger partial charge in [0.05, 0.1) is 45.3 Å². The van der Waals surface area contributed by atoms with E-state index < -0.39 is 17.4 Å². The number of carbonyl (C=O) groups is 6. The summed E-state index contributed by atoms with van der Waals surface area (Å²) in [5.41, 5.74) is 5.87. The van der Waals surface area contributed by atoms with Crippen LogP contribution in [0.25, 0.3) is 0 Å². The Balaban J connectivity index is 2.46. The number of Topliss-reactive ketones (excluding diaryl/α,β-unsaturated/α-hetero) is 4. The van der Waals surface area contributed by atoms with E-state index in [0.29, 0.717) is 58.4 Å². The minimum atomic E-state index is -0.936. The second-order valence-electron chi connectivity index (χ2n) is 11.8. The second kappa shape index (κ2) is 22.2. The number of aromatic nitrogens is 2. The van der Waals surface area contributed by atoms with Crippen LogP contribution in [0, 0.1) is 11.3 Å². The number of amides is 2. The van der Waals surface area contributed by atoms with Crippen LogP contribution in [0.4, 0.5) is 0 Å². The molecule has 6 N–H and O–H groups in total. The van der Waals surface area contributed by atoms with Gasteiger partial charge in [0, 0.05) is 62.5 Å². The van der Waals surface area contributed by atoms with Gasteiger partial charge in [0.1, 0.15) is 24.0 Å². The molecule has 1 aromatic rings. The summed E-state index contributed by atoms with van der Waals surface area (Å²) in [6.45, 7) is 8.03. The van der Waals surface area contributed by atoms with Crippen molar-refractivity contribution in [2.75, 3.05) is 52.6 Å². The SMILES string of the molecule is CC(=O)CNCC(=O)[C@H](CCCCNC(=O)COCCOCCNC(C)=O)CCC(=O)C(C)(C)CC(=O)[C@@H](N)Cc1cnc[nH]1. The van der Waals surface area contributed by atoms with Crippen molar-refractivity contribution in [2.45, 2.75) is 78.7 Å². The first-order valence-corrected chi connectivity index (χ1v) is 15.5. The third kappa shape index (κ3) is 18.9. The van der Waals surface area contributed by atoms with Crippen LogP contribution in [0.15, 0.2) is 12.5 Å². The molecule has 0 fully saturated rings. The highest BCUT2D eigenvalue weighted by atomic mass is 16.5. The van der Waals surface area contributed by atoms with E-state index in [0.717, 1.165) is 5.69 Å². The molecule has 45 heavy (non-hydrogen) atoms. The standard InChI is InChI=1S/C31H52N6O8/c1-22(38)17-33-19-28(41)24(7-5-6-10-36-30(43)20-45-14-13-44-12-11-35-23(2)39)8-9-29(42)31(3,4)16-27(40)26(32)15-25-18-34-21-37-25/h18,21,24,26,33H,5-17,19-20,32H2,1-4H3,(H,34,37)(H,35,39)(H,36,43)/t24-,26+/m1/s1. The number of rotatable bonds is 27. The molecule has 1 rings (SSSR count). The van der Waals surface area contributed by atoms with Crippen molar-refractivity contribution in [1.29, 1.82) is 0 Å². The van der Waals surface area contributed by atoms with E-state index in [1.807, 2.05) is 0 Å². The topological polar surface area (TPSA) is 212 Å². The van der Waals surface area contributed by atoms with Crippen molar-refractivity contribution in [3.8, 4) is 0 Å². The lowest BCUT2D eigenvalue weighted by atomic mass is 9.78. The third-order valence-corrected chi connectivity index (χ3v) is 7.15. The summed E-state index contributed by atoms with van der Waals surface area (Å²) in [4.78, 5) is 79.8. The Hall–Kier alpha value is -3.33. The molecular formula is C31H52N6O8. The molecule has 0 bridgehead atoms. The number of nitrogens with two attached hydrogens (primary N) is 1. The first-order valence-electron chi connectivity index (χ1n) is 15.5. The number of imidazole rings is 1. The van der Waals surface area contributed by atoms with Gasteiger partial charge in [0.15, 0.2) is 5.78 Å². The van der Waals surface area contributed by atoms with Gasteiger partial charge in [-0.3, -0.25) is 28.8 Å². The van der Waals surface area contributed by atoms with Gasteiger partial charge in [-0.25, -0.2) is 4.98 Å². The lowest BCUT2D eigenvalue weighted by Gasteiger charge is -2.25. The molecule has 0 aliphatic rings. The quantitative estimate of drug-likeness (QED) is 0.0836. The molecule has 0 radical (unpaired) electrons. The van der Waals surface area contributed by atoms with Gasteiger partial charge < -0.3 is 36.1 Å². The number of nitrogens with one attached hydrogen (secondary N) is 4. The molecule has 14 heteroatoms. The van der Waals surface area contributed by atoms with Crippen molar-refractivity contribution in [3.05, 3.63) is 18.2 Å². The average molecular weight is 637 g/mol. The molecule has 0 spiro atoms. The van der Waals surface area contributed by atoms with Crippen molar-refractivity contribution in [3.63, 3.8) is 0 Å². The summed E-state index contributed by atoms with van der Waals surface area (Å²) in [6.07, 6.45) is 5.66. The van der Waals surface area contributed by atoms with E-state index in [-0.39, 0.29) is 74.1 Å². The molecule has 0 aliphatic heterocycles. The Kier molecular flexibility index (Phi) is 19.6. The largest absolute Gasteiger partial charge is 0.377 e. The summed E-state index contributed by atoms with van der Waals surface area (Å²) in [5.74, 6) is -1.31. The average Bonchev–Trinajstić information content (AvgIpc) is 3.48. The van der Waals surface area contributed by atoms with Gasteiger partial charge in [-0.15, -0.1) is 0 Å².